The Morgan fingerprint density at radius 1 is 1.06 bits per heavy atom. The Morgan fingerprint density at radius 3 is 2.55 bits per heavy atom. The Labute approximate surface area is 190 Å². The van der Waals surface area contributed by atoms with Gasteiger partial charge in [-0.3, -0.25) is 14.7 Å². The lowest BCUT2D eigenvalue weighted by Crippen LogP contribution is -2.37. The standard InChI is InChI=1S/C24H25BrN4O2/c25-20-6-9-23(27-15-20)28-24(30)19-10-13-29(14-11-19)16-18-4-7-22(8-5-18)31-17-21-3-1-2-12-26-21/h1-9,12,15,19H,10-11,13-14,16-17H2,(H,27,28,30). The van der Waals surface area contributed by atoms with Crippen LogP contribution < -0.4 is 10.1 Å². The highest BCUT2D eigenvalue weighted by Crippen LogP contribution is 2.22. The quantitative estimate of drug-likeness (QED) is 0.532. The van der Waals surface area contributed by atoms with Crippen LogP contribution in [0.2, 0.25) is 0 Å². The van der Waals surface area contributed by atoms with E-state index in [9.17, 15) is 4.79 Å². The number of pyridine rings is 2. The van der Waals surface area contributed by atoms with Crippen molar-refractivity contribution in [2.75, 3.05) is 18.4 Å². The van der Waals surface area contributed by atoms with Gasteiger partial charge in [0.25, 0.3) is 0 Å². The van der Waals surface area contributed by atoms with Crippen molar-refractivity contribution in [2.45, 2.75) is 26.0 Å². The molecule has 7 heteroatoms. The Morgan fingerprint density at radius 2 is 1.87 bits per heavy atom. The Bertz CT molecular complexity index is 973. The summed E-state index contributed by atoms with van der Waals surface area (Å²) in [7, 11) is 0. The summed E-state index contributed by atoms with van der Waals surface area (Å²) < 4.78 is 6.70. The third-order valence-corrected chi connectivity index (χ3v) is 5.85. The molecule has 3 heterocycles. The molecular weight excluding hydrogens is 456 g/mol. The van der Waals surface area contributed by atoms with Crippen LogP contribution in [0, 0.1) is 5.92 Å². The highest BCUT2D eigenvalue weighted by atomic mass is 79.9. The van der Waals surface area contributed by atoms with Gasteiger partial charge >= 0.3 is 0 Å². The van der Waals surface area contributed by atoms with Crippen LogP contribution in [0.1, 0.15) is 24.1 Å². The molecule has 1 aliphatic heterocycles. The number of nitrogens with one attached hydrogen (secondary N) is 1. The summed E-state index contributed by atoms with van der Waals surface area (Å²) in [5.41, 5.74) is 2.15. The number of ether oxygens (including phenoxy) is 1. The second kappa shape index (κ2) is 10.5. The Hall–Kier alpha value is -2.77. The lowest BCUT2D eigenvalue weighted by Gasteiger charge is -2.31. The fourth-order valence-corrected chi connectivity index (χ4v) is 3.86. The maximum Gasteiger partial charge on any atom is 0.228 e. The Kier molecular flexibility index (Phi) is 7.27. The van der Waals surface area contributed by atoms with Crippen LogP contribution in [-0.2, 0) is 17.9 Å². The minimum absolute atomic E-state index is 0.0315. The van der Waals surface area contributed by atoms with Crippen LogP contribution in [0.4, 0.5) is 5.82 Å². The molecule has 1 amide bonds. The van der Waals surface area contributed by atoms with Crippen molar-refractivity contribution in [3.05, 3.63) is 82.7 Å². The molecule has 0 unspecified atom stereocenters. The molecule has 0 atom stereocenters. The zero-order chi connectivity index (χ0) is 21.5. The zero-order valence-electron chi connectivity index (χ0n) is 17.2. The van der Waals surface area contributed by atoms with Crippen LogP contribution in [0.25, 0.3) is 0 Å². The zero-order valence-corrected chi connectivity index (χ0v) is 18.8. The fourth-order valence-electron chi connectivity index (χ4n) is 3.62. The predicted molar refractivity (Wildman–Crippen MR) is 124 cm³/mol. The van der Waals surface area contributed by atoms with E-state index in [0.29, 0.717) is 12.4 Å². The number of anilines is 1. The van der Waals surface area contributed by atoms with Gasteiger partial charge in [-0.2, -0.15) is 0 Å². The lowest BCUT2D eigenvalue weighted by atomic mass is 9.95. The van der Waals surface area contributed by atoms with Crippen molar-refractivity contribution in [3.8, 4) is 5.75 Å². The van der Waals surface area contributed by atoms with Crippen LogP contribution in [-0.4, -0.2) is 33.9 Å². The summed E-state index contributed by atoms with van der Waals surface area (Å²) >= 11 is 3.35. The van der Waals surface area contributed by atoms with Gasteiger partial charge in [-0.15, -0.1) is 0 Å². The van der Waals surface area contributed by atoms with Crippen molar-refractivity contribution in [3.63, 3.8) is 0 Å². The van der Waals surface area contributed by atoms with Crippen LogP contribution in [0.3, 0.4) is 0 Å². The van der Waals surface area contributed by atoms with Gasteiger partial charge in [0.05, 0.1) is 5.69 Å². The predicted octanol–water partition coefficient (Wildman–Crippen LogP) is 4.67. The molecule has 3 aromatic rings. The smallest absolute Gasteiger partial charge is 0.228 e. The third kappa shape index (κ3) is 6.35. The third-order valence-electron chi connectivity index (χ3n) is 5.38. The topological polar surface area (TPSA) is 67.4 Å². The molecule has 0 aliphatic carbocycles. The lowest BCUT2D eigenvalue weighted by molar-refractivity contribution is -0.121. The number of carbonyl (C=O) groups is 1. The molecule has 0 radical (unpaired) electrons. The molecule has 1 N–H and O–H groups in total. The van der Waals surface area contributed by atoms with Gasteiger partial charge in [0.1, 0.15) is 18.2 Å². The highest BCUT2D eigenvalue weighted by Gasteiger charge is 2.25. The number of rotatable bonds is 7. The first-order chi connectivity index (χ1) is 15.2. The summed E-state index contributed by atoms with van der Waals surface area (Å²) in [4.78, 5) is 23.4. The van der Waals surface area contributed by atoms with Gasteiger partial charge in [0.2, 0.25) is 5.91 Å². The highest BCUT2D eigenvalue weighted by molar-refractivity contribution is 9.10. The van der Waals surface area contributed by atoms with E-state index < -0.39 is 0 Å². The SMILES string of the molecule is O=C(Nc1ccc(Br)cn1)C1CCN(Cc2ccc(OCc3ccccn3)cc2)CC1. The van der Waals surface area contributed by atoms with E-state index >= 15 is 0 Å². The first kappa shape index (κ1) is 21.5. The monoisotopic (exact) mass is 480 g/mol. The van der Waals surface area contributed by atoms with E-state index in [1.807, 2.05) is 36.4 Å². The van der Waals surface area contributed by atoms with Gasteiger partial charge in [0.15, 0.2) is 0 Å². The van der Waals surface area contributed by atoms with E-state index in [1.54, 1.807) is 18.5 Å². The number of nitrogens with zero attached hydrogens (tertiary/aromatic N) is 3. The number of hydrogen-bond donors (Lipinski definition) is 1. The van der Waals surface area contributed by atoms with Gasteiger partial charge in [-0.1, -0.05) is 18.2 Å². The van der Waals surface area contributed by atoms with Gasteiger partial charge in [-0.25, -0.2) is 4.98 Å². The average Bonchev–Trinajstić information content (AvgIpc) is 2.81. The maximum absolute atomic E-state index is 12.5. The molecule has 1 aliphatic rings. The first-order valence-electron chi connectivity index (χ1n) is 10.4. The largest absolute Gasteiger partial charge is 0.487 e. The van der Waals surface area contributed by atoms with E-state index in [-0.39, 0.29) is 11.8 Å². The van der Waals surface area contributed by atoms with Gasteiger partial charge in [0, 0.05) is 29.3 Å². The van der Waals surface area contributed by atoms with Crippen molar-refractivity contribution < 1.29 is 9.53 Å². The van der Waals surface area contributed by atoms with Crippen molar-refractivity contribution in [1.82, 2.24) is 14.9 Å². The molecule has 0 saturated carbocycles. The van der Waals surface area contributed by atoms with E-state index in [2.05, 4.69) is 48.2 Å². The van der Waals surface area contributed by atoms with Crippen LogP contribution >= 0.6 is 15.9 Å². The fraction of sp³-hybridized carbons (Fsp3) is 0.292. The van der Waals surface area contributed by atoms with E-state index in [0.717, 1.165) is 48.4 Å². The number of carbonyl (C=O) groups excluding carboxylic acids is 1. The van der Waals surface area contributed by atoms with E-state index in [4.69, 9.17) is 4.74 Å². The van der Waals surface area contributed by atoms with Crippen molar-refractivity contribution in [1.29, 1.82) is 0 Å². The molecule has 160 valence electrons. The number of piperidine rings is 1. The molecule has 4 rings (SSSR count). The van der Waals surface area contributed by atoms with Crippen LogP contribution in [0.5, 0.6) is 5.75 Å². The molecule has 2 aromatic heterocycles. The minimum atomic E-state index is 0.0315. The number of aromatic nitrogens is 2. The number of amides is 1. The number of halogens is 1. The summed E-state index contributed by atoms with van der Waals surface area (Å²) in [6.07, 6.45) is 5.17. The normalized spacial score (nSPS) is 14.9. The van der Waals surface area contributed by atoms with Crippen molar-refractivity contribution >= 4 is 27.7 Å². The van der Waals surface area contributed by atoms with Crippen molar-refractivity contribution in [2.24, 2.45) is 5.92 Å². The van der Waals surface area contributed by atoms with Gasteiger partial charge in [-0.05, 0) is 83.8 Å². The number of benzene rings is 1. The summed E-state index contributed by atoms with van der Waals surface area (Å²) in [6, 6.07) is 17.7. The molecule has 31 heavy (non-hydrogen) atoms. The van der Waals surface area contributed by atoms with Gasteiger partial charge < -0.3 is 10.1 Å². The number of likely N-dealkylation sites (tertiary alicyclic amines) is 1. The first-order valence-corrected chi connectivity index (χ1v) is 11.2. The molecule has 0 bridgehead atoms. The van der Waals surface area contributed by atoms with E-state index in [1.165, 1.54) is 5.56 Å². The minimum Gasteiger partial charge on any atom is -0.487 e. The number of hydrogen-bond acceptors (Lipinski definition) is 5. The molecule has 1 aromatic carbocycles. The molecule has 1 fully saturated rings. The molecular formula is C24H25BrN4O2. The summed E-state index contributed by atoms with van der Waals surface area (Å²) in [5.74, 6) is 1.53. The second-order valence-corrected chi connectivity index (χ2v) is 8.57. The summed E-state index contributed by atoms with van der Waals surface area (Å²) in [6.45, 7) is 3.15. The molecule has 0 spiro atoms. The molecule has 6 nitrogen and oxygen atoms in total. The Balaban J connectivity index is 1.21. The average molecular weight is 481 g/mol. The molecule has 1 saturated heterocycles. The maximum atomic E-state index is 12.5. The second-order valence-electron chi connectivity index (χ2n) is 7.66. The van der Waals surface area contributed by atoms with Crippen LogP contribution in [0.15, 0.2) is 71.5 Å². The summed E-state index contributed by atoms with van der Waals surface area (Å²) in [5, 5.41) is 2.93.